The molecule has 28 heavy (non-hydrogen) atoms. The van der Waals surface area contributed by atoms with Crippen molar-refractivity contribution in [3.63, 3.8) is 0 Å². The second-order valence-corrected chi connectivity index (χ2v) is 6.18. The molecule has 0 saturated heterocycles. The molecule has 1 heterocycles. The van der Waals surface area contributed by atoms with Gasteiger partial charge in [0.05, 0.1) is 12.7 Å². The first-order chi connectivity index (χ1) is 13.3. The number of amides is 2. The van der Waals surface area contributed by atoms with Crippen molar-refractivity contribution in [2.45, 2.75) is 37.6 Å². The van der Waals surface area contributed by atoms with Gasteiger partial charge in [-0.05, 0) is 12.5 Å². The number of aliphatic hydroxyl groups is 2. The zero-order chi connectivity index (χ0) is 20.7. The number of carboxylic acid groups (broad SMARTS) is 1. The van der Waals surface area contributed by atoms with E-state index in [2.05, 4.69) is 20.8 Å². The molecular weight excluding hydrogens is 370 g/mol. The maximum atomic E-state index is 12.3. The van der Waals surface area contributed by atoms with Gasteiger partial charge in [-0.1, -0.05) is 30.3 Å². The zero-order valence-electron chi connectivity index (χ0n) is 15.1. The summed E-state index contributed by atoms with van der Waals surface area (Å²) >= 11 is 0. The minimum absolute atomic E-state index is 0.00478. The van der Waals surface area contributed by atoms with E-state index in [9.17, 15) is 14.7 Å². The van der Waals surface area contributed by atoms with Crippen LogP contribution < -0.4 is 16.4 Å². The maximum Gasteiger partial charge on any atom is 0.328 e. The van der Waals surface area contributed by atoms with Gasteiger partial charge in [-0.25, -0.2) is 9.59 Å². The molecular formula is C17H23N5O6. The average Bonchev–Trinajstić information content (AvgIpc) is 3.15. The van der Waals surface area contributed by atoms with Crippen molar-refractivity contribution in [1.29, 1.82) is 0 Å². The summed E-state index contributed by atoms with van der Waals surface area (Å²) in [5.41, 5.74) is 6.51. The van der Waals surface area contributed by atoms with Gasteiger partial charge >= 0.3 is 12.0 Å². The lowest BCUT2D eigenvalue weighted by Gasteiger charge is -2.20. The van der Waals surface area contributed by atoms with Crippen molar-refractivity contribution in [1.82, 2.24) is 20.8 Å². The van der Waals surface area contributed by atoms with Crippen LogP contribution in [0.25, 0.3) is 0 Å². The fourth-order valence-electron chi connectivity index (χ4n) is 2.39. The van der Waals surface area contributed by atoms with Gasteiger partial charge in [0.2, 0.25) is 11.8 Å². The number of nitrogens with zero attached hydrogens (tertiary/aromatic N) is 2. The molecule has 1 aromatic carbocycles. The maximum absolute atomic E-state index is 12.3. The molecule has 0 radical (unpaired) electrons. The third kappa shape index (κ3) is 5.74. The minimum Gasteiger partial charge on any atom is -0.480 e. The zero-order valence-corrected chi connectivity index (χ0v) is 15.1. The average molecular weight is 393 g/mol. The predicted octanol–water partition coefficient (Wildman–Crippen LogP) is -0.521. The van der Waals surface area contributed by atoms with E-state index < -0.39 is 42.8 Å². The molecule has 4 atom stereocenters. The Morgan fingerprint density at radius 3 is 2.39 bits per heavy atom. The minimum atomic E-state index is -1.49. The third-order valence-corrected chi connectivity index (χ3v) is 3.89. The van der Waals surface area contributed by atoms with Crippen LogP contribution in [0.3, 0.4) is 0 Å². The predicted molar refractivity (Wildman–Crippen MR) is 96.0 cm³/mol. The van der Waals surface area contributed by atoms with Crippen LogP contribution in [0.2, 0.25) is 0 Å². The molecule has 2 aromatic rings. The number of hydrogen-bond acceptors (Lipinski definition) is 8. The summed E-state index contributed by atoms with van der Waals surface area (Å²) in [5.74, 6) is -1.33. The number of carbonyl (C=O) groups excluding carboxylic acids is 1. The number of nitrogens with two attached hydrogens (primary N) is 1. The highest BCUT2D eigenvalue weighted by atomic mass is 16.4. The number of carboxylic acids is 1. The molecule has 2 rings (SSSR count). The number of aliphatic carboxylic acids is 1. The summed E-state index contributed by atoms with van der Waals surface area (Å²) in [5, 5.41) is 40.1. The number of carbonyl (C=O) groups is 2. The number of aliphatic hydroxyl groups excluding tert-OH is 2. The van der Waals surface area contributed by atoms with Crippen molar-refractivity contribution in [3.05, 3.63) is 47.7 Å². The molecule has 1 aromatic heterocycles. The molecule has 152 valence electrons. The highest BCUT2D eigenvalue weighted by Crippen LogP contribution is 2.19. The van der Waals surface area contributed by atoms with E-state index in [-0.39, 0.29) is 18.2 Å². The van der Waals surface area contributed by atoms with E-state index in [0.29, 0.717) is 0 Å². The summed E-state index contributed by atoms with van der Waals surface area (Å²) in [6, 6.07) is 5.17. The first-order valence-corrected chi connectivity index (χ1v) is 8.53. The Morgan fingerprint density at radius 1 is 1.18 bits per heavy atom. The summed E-state index contributed by atoms with van der Waals surface area (Å²) in [6.07, 6.45) is -1.02. The van der Waals surface area contributed by atoms with Crippen LogP contribution in [0, 0.1) is 0 Å². The highest BCUT2D eigenvalue weighted by molar-refractivity contribution is 5.83. The van der Waals surface area contributed by atoms with Crippen LogP contribution in [0.4, 0.5) is 4.79 Å². The molecule has 0 aliphatic heterocycles. The normalized spacial score (nSPS) is 15.3. The third-order valence-electron chi connectivity index (χ3n) is 3.89. The van der Waals surface area contributed by atoms with Crippen LogP contribution in [-0.2, 0) is 11.2 Å². The van der Waals surface area contributed by atoms with E-state index in [1.165, 1.54) is 6.92 Å². The van der Waals surface area contributed by atoms with Crippen LogP contribution in [0.15, 0.2) is 34.7 Å². The van der Waals surface area contributed by atoms with Gasteiger partial charge in [-0.15, -0.1) is 10.2 Å². The second kappa shape index (κ2) is 9.78. The van der Waals surface area contributed by atoms with Crippen molar-refractivity contribution >= 4 is 12.0 Å². The van der Waals surface area contributed by atoms with Crippen LogP contribution in [-0.4, -0.2) is 56.3 Å². The smallest absolute Gasteiger partial charge is 0.328 e. The Bertz CT molecular complexity index is 781. The summed E-state index contributed by atoms with van der Waals surface area (Å²) in [4.78, 5) is 23.4. The van der Waals surface area contributed by atoms with Gasteiger partial charge in [-0.2, -0.15) is 0 Å². The van der Waals surface area contributed by atoms with E-state index in [1.807, 2.05) is 30.3 Å². The van der Waals surface area contributed by atoms with Gasteiger partial charge < -0.3 is 36.1 Å². The highest BCUT2D eigenvalue weighted by Gasteiger charge is 2.28. The Hall–Kier alpha value is -3.02. The molecule has 2 unspecified atom stereocenters. The van der Waals surface area contributed by atoms with E-state index in [1.54, 1.807) is 0 Å². The Labute approximate surface area is 160 Å². The number of urea groups is 1. The SMILES string of the molecule is CC(O)C(NC(=O)N[C@@H](Cc1ccccc1)c1nnc([C@@H](N)CO)o1)C(=O)O. The quantitative estimate of drug-likeness (QED) is 0.326. The second-order valence-electron chi connectivity index (χ2n) is 6.18. The van der Waals surface area contributed by atoms with Crippen molar-refractivity contribution in [3.8, 4) is 0 Å². The summed E-state index contributed by atoms with van der Waals surface area (Å²) in [7, 11) is 0. The number of nitrogens with one attached hydrogen (secondary N) is 2. The standard InChI is InChI=1S/C17H23N5O6/c1-9(24)13(16(25)26)20-17(27)19-12(7-10-5-3-2-4-6-10)15-22-21-14(28-15)11(18)8-23/h2-6,9,11-13,23-24H,7-8,18H2,1H3,(H,25,26)(H2,19,20,27)/t9?,11-,12-,13?/m0/s1. The molecule has 0 aliphatic rings. The van der Waals surface area contributed by atoms with Gasteiger partial charge in [0.25, 0.3) is 0 Å². The van der Waals surface area contributed by atoms with Crippen LogP contribution in [0.1, 0.15) is 36.4 Å². The van der Waals surface area contributed by atoms with Crippen molar-refractivity contribution in [2.24, 2.45) is 5.73 Å². The Balaban J connectivity index is 2.19. The molecule has 0 bridgehead atoms. The fourth-order valence-corrected chi connectivity index (χ4v) is 2.39. The molecule has 0 spiro atoms. The lowest BCUT2D eigenvalue weighted by molar-refractivity contribution is -0.141. The molecule has 0 fully saturated rings. The number of rotatable bonds is 9. The molecule has 0 aliphatic carbocycles. The first kappa shape index (κ1) is 21.3. The monoisotopic (exact) mass is 393 g/mol. The molecule has 11 nitrogen and oxygen atoms in total. The van der Waals surface area contributed by atoms with E-state index in [0.717, 1.165) is 5.56 Å². The Morgan fingerprint density at radius 2 is 1.82 bits per heavy atom. The summed E-state index contributed by atoms with van der Waals surface area (Å²) in [6.45, 7) is 0.856. The molecule has 0 saturated carbocycles. The molecule has 11 heteroatoms. The first-order valence-electron chi connectivity index (χ1n) is 8.53. The topological polar surface area (TPSA) is 184 Å². The lowest BCUT2D eigenvalue weighted by Crippen LogP contribution is -2.51. The van der Waals surface area contributed by atoms with Gasteiger partial charge in [0.1, 0.15) is 12.1 Å². The van der Waals surface area contributed by atoms with E-state index in [4.69, 9.17) is 20.4 Å². The number of hydrogen-bond donors (Lipinski definition) is 6. The van der Waals surface area contributed by atoms with Crippen LogP contribution >= 0.6 is 0 Å². The number of benzene rings is 1. The fraction of sp³-hybridized carbons (Fsp3) is 0.412. The Kier molecular flexibility index (Phi) is 7.44. The lowest BCUT2D eigenvalue weighted by atomic mass is 10.1. The van der Waals surface area contributed by atoms with Gasteiger partial charge in [0.15, 0.2) is 6.04 Å². The largest absolute Gasteiger partial charge is 0.480 e. The number of aromatic nitrogens is 2. The summed E-state index contributed by atoms with van der Waals surface area (Å²) < 4.78 is 5.46. The molecule has 7 N–H and O–H groups in total. The van der Waals surface area contributed by atoms with Gasteiger partial charge in [-0.3, -0.25) is 0 Å². The molecule has 2 amide bonds. The van der Waals surface area contributed by atoms with Crippen molar-refractivity contribution < 1.29 is 29.3 Å². The van der Waals surface area contributed by atoms with E-state index >= 15 is 0 Å². The van der Waals surface area contributed by atoms with Crippen LogP contribution in [0.5, 0.6) is 0 Å². The van der Waals surface area contributed by atoms with Crippen molar-refractivity contribution in [2.75, 3.05) is 6.61 Å². The van der Waals surface area contributed by atoms with Gasteiger partial charge in [0, 0.05) is 6.42 Å².